The maximum absolute atomic E-state index is 13.2. The Hall–Kier alpha value is -3.72. The Morgan fingerprint density at radius 2 is 1.94 bits per heavy atom. The van der Waals surface area contributed by atoms with Crippen molar-refractivity contribution in [1.29, 1.82) is 0 Å². The standard InChI is InChI=1S/C24H21N3O5S/c1-12-10-16-11-15(6-9-18(16)32-12)21(28)19-20(14-4-7-17(31-3)8-5-14)27(23(30)22(19)29)24-26-25-13(2)33-24/h4-9,11-12,20,28H,10H2,1-3H3/t12-,20+/m1/s1. The summed E-state index contributed by atoms with van der Waals surface area (Å²) in [5.74, 6) is -0.371. The molecule has 3 heterocycles. The van der Waals surface area contributed by atoms with E-state index in [0.717, 1.165) is 11.3 Å². The van der Waals surface area contributed by atoms with Crippen molar-refractivity contribution in [3.8, 4) is 11.5 Å². The topological polar surface area (TPSA) is 102 Å². The number of aromatic nitrogens is 2. The lowest BCUT2D eigenvalue weighted by Crippen LogP contribution is -2.29. The molecule has 0 aliphatic carbocycles. The summed E-state index contributed by atoms with van der Waals surface area (Å²) in [7, 11) is 1.56. The molecule has 0 bridgehead atoms. The van der Waals surface area contributed by atoms with Gasteiger partial charge in [0.05, 0.1) is 18.7 Å². The monoisotopic (exact) mass is 463 g/mol. The Morgan fingerprint density at radius 1 is 1.18 bits per heavy atom. The second-order valence-electron chi connectivity index (χ2n) is 8.00. The molecule has 0 saturated carbocycles. The van der Waals surface area contributed by atoms with Gasteiger partial charge >= 0.3 is 5.91 Å². The van der Waals surface area contributed by atoms with Gasteiger partial charge in [0.1, 0.15) is 28.4 Å². The summed E-state index contributed by atoms with van der Waals surface area (Å²) in [6.45, 7) is 3.74. The van der Waals surface area contributed by atoms with Crippen molar-refractivity contribution in [1.82, 2.24) is 10.2 Å². The van der Waals surface area contributed by atoms with Crippen LogP contribution in [0.3, 0.4) is 0 Å². The van der Waals surface area contributed by atoms with Crippen LogP contribution in [0.5, 0.6) is 11.5 Å². The van der Waals surface area contributed by atoms with E-state index in [1.165, 1.54) is 16.2 Å². The number of rotatable bonds is 4. The number of carbonyl (C=O) groups excluding carboxylic acids is 2. The Morgan fingerprint density at radius 3 is 2.61 bits per heavy atom. The predicted octanol–water partition coefficient (Wildman–Crippen LogP) is 3.80. The number of aliphatic hydroxyl groups excluding tert-OH is 1. The molecule has 1 N–H and O–H groups in total. The zero-order chi connectivity index (χ0) is 23.3. The van der Waals surface area contributed by atoms with E-state index in [9.17, 15) is 14.7 Å². The molecule has 0 spiro atoms. The molecule has 2 aliphatic heterocycles. The van der Waals surface area contributed by atoms with Gasteiger partial charge < -0.3 is 14.6 Å². The lowest BCUT2D eigenvalue weighted by atomic mass is 9.94. The lowest BCUT2D eigenvalue weighted by Gasteiger charge is -2.22. The summed E-state index contributed by atoms with van der Waals surface area (Å²) in [5.41, 5.74) is 2.05. The first kappa shape index (κ1) is 21.1. The van der Waals surface area contributed by atoms with Gasteiger partial charge in [-0.3, -0.25) is 14.5 Å². The molecule has 1 saturated heterocycles. The molecule has 0 radical (unpaired) electrons. The van der Waals surface area contributed by atoms with E-state index in [-0.39, 0.29) is 17.4 Å². The number of amides is 1. The summed E-state index contributed by atoms with van der Waals surface area (Å²) in [6, 6.07) is 11.4. The SMILES string of the molecule is COc1ccc([C@H]2C(=C(O)c3ccc4c(c3)C[C@@H](C)O4)C(=O)C(=O)N2c2nnc(C)s2)cc1. The number of benzene rings is 2. The van der Waals surface area contributed by atoms with Crippen LogP contribution in [0.2, 0.25) is 0 Å². The number of ketones is 1. The number of hydrogen-bond donors (Lipinski definition) is 1. The molecule has 2 aliphatic rings. The molecular weight excluding hydrogens is 442 g/mol. The van der Waals surface area contributed by atoms with Crippen LogP contribution in [-0.4, -0.2) is 40.2 Å². The van der Waals surface area contributed by atoms with Crippen molar-refractivity contribution in [2.24, 2.45) is 0 Å². The van der Waals surface area contributed by atoms with Gasteiger partial charge in [-0.25, -0.2) is 0 Å². The molecular formula is C24H21N3O5S. The van der Waals surface area contributed by atoms with Gasteiger partial charge in [0.25, 0.3) is 5.78 Å². The quantitative estimate of drug-likeness (QED) is 0.357. The van der Waals surface area contributed by atoms with Crippen LogP contribution >= 0.6 is 11.3 Å². The summed E-state index contributed by atoms with van der Waals surface area (Å²) >= 11 is 1.21. The van der Waals surface area contributed by atoms with Crippen molar-refractivity contribution in [2.75, 3.05) is 12.0 Å². The van der Waals surface area contributed by atoms with Crippen LogP contribution in [0, 0.1) is 6.92 Å². The maximum atomic E-state index is 13.2. The fourth-order valence-corrected chi connectivity index (χ4v) is 4.95. The second-order valence-corrected chi connectivity index (χ2v) is 9.16. The van der Waals surface area contributed by atoms with Crippen molar-refractivity contribution >= 4 is 33.9 Å². The van der Waals surface area contributed by atoms with E-state index in [1.807, 2.05) is 13.0 Å². The van der Waals surface area contributed by atoms with E-state index < -0.39 is 17.7 Å². The molecule has 2 atom stereocenters. The highest BCUT2D eigenvalue weighted by Gasteiger charge is 2.48. The van der Waals surface area contributed by atoms with Crippen LogP contribution in [-0.2, 0) is 16.0 Å². The first-order chi connectivity index (χ1) is 15.9. The Labute approximate surface area is 194 Å². The highest BCUT2D eigenvalue weighted by molar-refractivity contribution is 7.15. The van der Waals surface area contributed by atoms with Crippen molar-refractivity contribution in [3.05, 3.63) is 69.7 Å². The number of methoxy groups -OCH3 is 1. The zero-order valence-corrected chi connectivity index (χ0v) is 19.0. The number of anilines is 1. The fraction of sp³-hybridized carbons (Fsp3) is 0.250. The van der Waals surface area contributed by atoms with Crippen molar-refractivity contribution < 1.29 is 24.2 Å². The third kappa shape index (κ3) is 3.54. The smallest absolute Gasteiger partial charge is 0.301 e. The Balaban J connectivity index is 1.67. The summed E-state index contributed by atoms with van der Waals surface area (Å²) in [5, 5.41) is 20.3. The molecule has 33 heavy (non-hydrogen) atoms. The summed E-state index contributed by atoms with van der Waals surface area (Å²) in [4.78, 5) is 27.6. The Bertz CT molecular complexity index is 1300. The minimum absolute atomic E-state index is 0.00457. The minimum Gasteiger partial charge on any atom is -0.507 e. The van der Waals surface area contributed by atoms with Crippen molar-refractivity contribution in [3.63, 3.8) is 0 Å². The van der Waals surface area contributed by atoms with Crippen LogP contribution in [0.15, 0.2) is 48.0 Å². The van der Waals surface area contributed by atoms with Gasteiger partial charge in [0.2, 0.25) is 5.13 Å². The first-order valence-electron chi connectivity index (χ1n) is 10.4. The maximum Gasteiger partial charge on any atom is 0.301 e. The third-order valence-corrected chi connectivity index (χ3v) is 6.60. The number of carbonyl (C=O) groups is 2. The van der Waals surface area contributed by atoms with Crippen molar-refractivity contribution in [2.45, 2.75) is 32.4 Å². The predicted molar refractivity (Wildman–Crippen MR) is 123 cm³/mol. The van der Waals surface area contributed by atoms with E-state index in [2.05, 4.69) is 10.2 Å². The van der Waals surface area contributed by atoms with E-state index in [4.69, 9.17) is 9.47 Å². The molecule has 0 unspecified atom stereocenters. The molecule has 5 rings (SSSR count). The van der Waals surface area contributed by atoms with E-state index in [0.29, 0.717) is 33.4 Å². The number of aliphatic hydroxyl groups is 1. The zero-order valence-electron chi connectivity index (χ0n) is 18.2. The average Bonchev–Trinajstić information content (AvgIpc) is 3.48. The van der Waals surface area contributed by atoms with Gasteiger partial charge in [0.15, 0.2) is 0 Å². The van der Waals surface area contributed by atoms with Crippen LogP contribution in [0.1, 0.15) is 34.7 Å². The molecule has 2 aromatic carbocycles. The summed E-state index contributed by atoms with van der Waals surface area (Å²) in [6.07, 6.45) is 0.749. The van der Waals surface area contributed by atoms with Crippen LogP contribution in [0.4, 0.5) is 5.13 Å². The van der Waals surface area contributed by atoms with Gasteiger partial charge in [-0.2, -0.15) is 0 Å². The summed E-state index contributed by atoms with van der Waals surface area (Å²) < 4.78 is 11.0. The molecule has 8 nitrogen and oxygen atoms in total. The first-order valence-corrected chi connectivity index (χ1v) is 11.2. The number of nitrogens with zero attached hydrogens (tertiary/aromatic N) is 3. The van der Waals surface area contributed by atoms with Gasteiger partial charge in [-0.05, 0) is 55.3 Å². The number of ether oxygens (including phenoxy) is 2. The highest BCUT2D eigenvalue weighted by atomic mass is 32.1. The number of fused-ring (bicyclic) bond motifs is 1. The number of hydrogen-bond acceptors (Lipinski definition) is 8. The second kappa shape index (κ2) is 8.00. The van der Waals surface area contributed by atoms with Gasteiger partial charge in [0, 0.05) is 12.0 Å². The lowest BCUT2D eigenvalue weighted by molar-refractivity contribution is -0.132. The largest absolute Gasteiger partial charge is 0.507 e. The number of Topliss-reactive ketones (excluding diaryl/α,β-unsaturated/α-hetero) is 1. The fourth-order valence-electron chi connectivity index (χ4n) is 4.24. The van der Waals surface area contributed by atoms with Crippen LogP contribution < -0.4 is 14.4 Å². The van der Waals surface area contributed by atoms with E-state index in [1.54, 1.807) is 50.4 Å². The van der Waals surface area contributed by atoms with Crippen LogP contribution in [0.25, 0.3) is 5.76 Å². The minimum atomic E-state index is -0.855. The Kier molecular flexibility index (Phi) is 5.13. The van der Waals surface area contributed by atoms with E-state index >= 15 is 0 Å². The average molecular weight is 464 g/mol. The molecule has 1 aromatic heterocycles. The normalized spacial score (nSPS) is 21.2. The molecule has 1 amide bonds. The van der Waals surface area contributed by atoms with Gasteiger partial charge in [-0.15, -0.1) is 10.2 Å². The molecule has 168 valence electrons. The molecule has 9 heteroatoms. The highest BCUT2D eigenvalue weighted by Crippen LogP contribution is 2.43. The molecule has 3 aromatic rings. The molecule has 1 fully saturated rings. The third-order valence-electron chi connectivity index (χ3n) is 5.77. The van der Waals surface area contributed by atoms with Gasteiger partial charge in [-0.1, -0.05) is 23.5 Å². The number of aryl methyl sites for hydroxylation is 1.